The molecule has 1 saturated heterocycles. The van der Waals surface area contributed by atoms with Crippen molar-refractivity contribution in [3.05, 3.63) is 35.9 Å². The standard InChI is InChI=1S/C17H24N2O/c1-2-15-18-16(14-9-4-3-5-10-14)17(20)19(15)12-11-13-7-6-8-13/h3-5,9-10,13,15-16,18H,2,6-8,11-12H2,1H3. The number of nitrogens with one attached hydrogen (secondary N) is 1. The lowest BCUT2D eigenvalue weighted by molar-refractivity contribution is -0.130. The molecule has 0 radical (unpaired) electrons. The predicted molar refractivity (Wildman–Crippen MR) is 80.1 cm³/mol. The predicted octanol–water partition coefficient (Wildman–Crippen LogP) is 3.09. The summed E-state index contributed by atoms with van der Waals surface area (Å²) in [7, 11) is 0. The van der Waals surface area contributed by atoms with Crippen LogP contribution in [0.15, 0.2) is 30.3 Å². The van der Waals surface area contributed by atoms with Gasteiger partial charge in [-0.25, -0.2) is 0 Å². The van der Waals surface area contributed by atoms with Gasteiger partial charge >= 0.3 is 0 Å². The molecule has 0 spiro atoms. The maximum Gasteiger partial charge on any atom is 0.245 e. The minimum absolute atomic E-state index is 0.150. The third-order valence-corrected chi connectivity index (χ3v) is 4.79. The minimum atomic E-state index is -0.150. The molecule has 1 aromatic carbocycles. The SMILES string of the molecule is CCC1NC(c2ccccc2)C(=O)N1CCC1CCC1. The average molecular weight is 272 g/mol. The fourth-order valence-corrected chi connectivity index (χ4v) is 3.26. The average Bonchev–Trinajstić information content (AvgIpc) is 2.75. The molecule has 2 unspecified atom stereocenters. The largest absolute Gasteiger partial charge is 0.325 e. The normalized spacial score (nSPS) is 26.9. The Morgan fingerprint density at radius 3 is 2.60 bits per heavy atom. The highest BCUT2D eigenvalue weighted by Crippen LogP contribution is 2.31. The van der Waals surface area contributed by atoms with Gasteiger partial charge in [0.1, 0.15) is 6.04 Å². The number of amides is 1. The fourth-order valence-electron chi connectivity index (χ4n) is 3.26. The van der Waals surface area contributed by atoms with Crippen molar-refractivity contribution in [1.82, 2.24) is 10.2 Å². The van der Waals surface area contributed by atoms with Crippen molar-refractivity contribution in [2.24, 2.45) is 5.92 Å². The molecule has 3 heteroatoms. The first-order valence-electron chi connectivity index (χ1n) is 7.91. The number of carbonyl (C=O) groups is 1. The molecule has 3 nitrogen and oxygen atoms in total. The Labute approximate surface area is 121 Å². The van der Waals surface area contributed by atoms with Crippen LogP contribution in [-0.2, 0) is 4.79 Å². The van der Waals surface area contributed by atoms with Crippen LogP contribution >= 0.6 is 0 Å². The van der Waals surface area contributed by atoms with Gasteiger partial charge in [-0.05, 0) is 24.3 Å². The van der Waals surface area contributed by atoms with Crippen LogP contribution in [0, 0.1) is 5.92 Å². The van der Waals surface area contributed by atoms with Gasteiger partial charge in [0.25, 0.3) is 0 Å². The first-order chi connectivity index (χ1) is 9.79. The summed E-state index contributed by atoms with van der Waals surface area (Å²) >= 11 is 0. The molecule has 20 heavy (non-hydrogen) atoms. The van der Waals surface area contributed by atoms with Crippen LogP contribution < -0.4 is 5.32 Å². The quantitative estimate of drug-likeness (QED) is 0.893. The van der Waals surface area contributed by atoms with E-state index in [0.29, 0.717) is 0 Å². The first-order valence-corrected chi connectivity index (χ1v) is 7.91. The molecule has 1 saturated carbocycles. The topological polar surface area (TPSA) is 32.3 Å². The summed E-state index contributed by atoms with van der Waals surface area (Å²) in [6, 6.07) is 9.93. The second-order valence-corrected chi connectivity index (χ2v) is 6.05. The smallest absolute Gasteiger partial charge is 0.245 e. The third-order valence-electron chi connectivity index (χ3n) is 4.79. The Balaban J connectivity index is 1.68. The molecule has 1 aliphatic heterocycles. The Morgan fingerprint density at radius 1 is 1.25 bits per heavy atom. The van der Waals surface area contributed by atoms with Crippen LogP contribution in [0.2, 0.25) is 0 Å². The van der Waals surface area contributed by atoms with Gasteiger partial charge in [-0.15, -0.1) is 0 Å². The van der Waals surface area contributed by atoms with Gasteiger partial charge < -0.3 is 4.90 Å². The molecule has 2 atom stereocenters. The van der Waals surface area contributed by atoms with E-state index in [2.05, 4.69) is 17.1 Å². The molecular weight excluding hydrogens is 248 g/mol. The van der Waals surface area contributed by atoms with Crippen molar-refractivity contribution in [3.63, 3.8) is 0 Å². The fraction of sp³-hybridized carbons (Fsp3) is 0.588. The number of benzene rings is 1. The number of hydrogen-bond donors (Lipinski definition) is 1. The zero-order valence-corrected chi connectivity index (χ0v) is 12.2. The van der Waals surface area contributed by atoms with E-state index < -0.39 is 0 Å². The van der Waals surface area contributed by atoms with Gasteiger partial charge in [-0.1, -0.05) is 56.5 Å². The van der Waals surface area contributed by atoms with Crippen LogP contribution in [0.4, 0.5) is 0 Å². The zero-order valence-electron chi connectivity index (χ0n) is 12.2. The molecule has 2 aliphatic rings. The van der Waals surface area contributed by atoms with Gasteiger partial charge in [0.15, 0.2) is 0 Å². The van der Waals surface area contributed by atoms with Gasteiger partial charge in [0, 0.05) is 6.54 Å². The lowest BCUT2D eigenvalue weighted by Crippen LogP contribution is -2.38. The second-order valence-electron chi connectivity index (χ2n) is 6.05. The van der Waals surface area contributed by atoms with Crippen molar-refractivity contribution in [2.75, 3.05) is 6.54 Å². The summed E-state index contributed by atoms with van der Waals surface area (Å²) in [5, 5.41) is 3.49. The maximum atomic E-state index is 12.7. The molecular formula is C17H24N2O. The van der Waals surface area contributed by atoms with E-state index in [1.165, 1.54) is 25.7 Å². The number of nitrogens with zero attached hydrogens (tertiary/aromatic N) is 1. The van der Waals surface area contributed by atoms with Crippen molar-refractivity contribution >= 4 is 5.91 Å². The van der Waals surface area contributed by atoms with E-state index in [1.54, 1.807) is 0 Å². The minimum Gasteiger partial charge on any atom is -0.325 e. The second kappa shape index (κ2) is 5.96. The highest BCUT2D eigenvalue weighted by Gasteiger charge is 2.38. The van der Waals surface area contributed by atoms with E-state index in [9.17, 15) is 4.79 Å². The van der Waals surface area contributed by atoms with Crippen LogP contribution in [0.1, 0.15) is 50.6 Å². The molecule has 1 heterocycles. The van der Waals surface area contributed by atoms with Crippen molar-refractivity contribution in [3.8, 4) is 0 Å². The lowest BCUT2D eigenvalue weighted by Gasteiger charge is -2.29. The van der Waals surface area contributed by atoms with Gasteiger partial charge in [-0.3, -0.25) is 10.1 Å². The van der Waals surface area contributed by atoms with Crippen LogP contribution in [0.25, 0.3) is 0 Å². The molecule has 0 bridgehead atoms. The Bertz CT molecular complexity index is 455. The molecule has 3 rings (SSSR count). The van der Waals surface area contributed by atoms with Gasteiger partial charge in [-0.2, -0.15) is 0 Å². The van der Waals surface area contributed by atoms with E-state index in [-0.39, 0.29) is 18.1 Å². The highest BCUT2D eigenvalue weighted by atomic mass is 16.2. The molecule has 108 valence electrons. The molecule has 1 aliphatic carbocycles. The summed E-state index contributed by atoms with van der Waals surface area (Å²) in [6.07, 6.45) is 6.43. The Hall–Kier alpha value is -1.35. The van der Waals surface area contributed by atoms with E-state index >= 15 is 0 Å². The summed E-state index contributed by atoms with van der Waals surface area (Å²) in [5.41, 5.74) is 1.09. The summed E-state index contributed by atoms with van der Waals surface area (Å²) in [6.45, 7) is 3.06. The zero-order chi connectivity index (χ0) is 13.9. The number of hydrogen-bond acceptors (Lipinski definition) is 2. The number of carbonyl (C=O) groups excluding carboxylic acids is 1. The van der Waals surface area contributed by atoms with E-state index in [4.69, 9.17) is 0 Å². The third kappa shape index (κ3) is 2.59. The van der Waals surface area contributed by atoms with Crippen molar-refractivity contribution in [2.45, 2.75) is 51.2 Å². The lowest BCUT2D eigenvalue weighted by atomic mass is 9.83. The van der Waals surface area contributed by atoms with Crippen LogP contribution in [-0.4, -0.2) is 23.5 Å². The highest BCUT2D eigenvalue weighted by molar-refractivity contribution is 5.85. The van der Waals surface area contributed by atoms with Crippen molar-refractivity contribution < 1.29 is 4.79 Å². The van der Waals surface area contributed by atoms with Gasteiger partial charge in [0.2, 0.25) is 5.91 Å². The van der Waals surface area contributed by atoms with Gasteiger partial charge in [0.05, 0.1) is 6.17 Å². The monoisotopic (exact) mass is 272 g/mol. The first kappa shape index (κ1) is 13.6. The van der Waals surface area contributed by atoms with E-state index in [1.807, 2.05) is 30.3 Å². The van der Waals surface area contributed by atoms with Crippen molar-refractivity contribution in [1.29, 1.82) is 0 Å². The molecule has 2 fully saturated rings. The van der Waals surface area contributed by atoms with Crippen LogP contribution in [0.5, 0.6) is 0 Å². The summed E-state index contributed by atoms with van der Waals surface area (Å²) < 4.78 is 0. The summed E-state index contributed by atoms with van der Waals surface area (Å²) in [5.74, 6) is 1.11. The Kier molecular flexibility index (Phi) is 4.06. The Morgan fingerprint density at radius 2 is 2.00 bits per heavy atom. The molecule has 1 aromatic rings. The van der Waals surface area contributed by atoms with Crippen LogP contribution in [0.3, 0.4) is 0 Å². The maximum absolute atomic E-state index is 12.7. The molecule has 0 aromatic heterocycles. The van der Waals surface area contributed by atoms with E-state index in [0.717, 1.165) is 24.4 Å². The molecule has 1 amide bonds. The summed E-state index contributed by atoms with van der Waals surface area (Å²) in [4.78, 5) is 14.7. The molecule has 1 N–H and O–H groups in total. The number of rotatable bonds is 5.